The van der Waals surface area contributed by atoms with E-state index in [2.05, 4.69) is 26.2 Å². The number of aromatic nitrogens is 1. The molecule has 0 atom stereocenters. The Morgan fingerprint density at radius 1 is 1.30 bits per heavy atom. The van der Waals surface area contributed by atoms with Crippen molar-refractivity contribution in [2.45, 2.75) is 25.4 Å². The second-order valence-electron chi connectivity index (χ2n) is 4.82. The van der Waals surface area contributed by atoms with Crippen molar-refractivity contribution in [1.29, 1.82) is 0 Å². The number of hydrogen-bond acceptors (Lipinski definition) is 3. The lowest BCUT2D eigenvalue weighted by Crippen LogP contribution is -2.15. The van der Waals surface area contributed by atoms with E-state index < -0.39 is 0 Å². The van der Waals surface area contributed by atoms with Gasteiger partial charge in [-0.1, -0.05) is 11.6 Å². The number of benzene rings is 1. The smallest absolute Gasteiger partial charge is 0.150 e. The highest BCUT2D eigenvalue weighted by Gasteiger charge is 2.20. The largest absolute Gasteiger partial charge is 0.454 e. The van der Waals surface area contributed by atoms with Gasteiger partial charge in [0.25, 0.3) is 0 Å². The molecule has 1 aliphatic rings. The fourth-order valence-electron chi connectivity index (χ4n) is 1.86. The lowest BCUT2D eigenvalue weighted by molar-refractivity contribution is 0.467. The molecule has 0 amide bonds. The topological polar surface area (TPSA) is 34.1 Å². The standard InChI is InChI=1S/C15H14BrClN2O/c16-13-7-11(17)1-4-14(13)20-15-9-18-6-5-10(15)8-19-12-2-3-12/h1,4-7,9,12,19H,2-3,8H2. The Labute approximate surface area is 131 Å². The van der Waals surface area contributed by atoms with Crippen LogP contribution in [0.2, 0.25) is 5.02 Å². The SMILES string of the molecule is Clc1ccc(Oc2cnccc2CNC2CC2)c(Br)c1. The van der Waals surface area contributed by atoms with Gasteiger partial charge in [0.05, 0.1) is 10.7 Å². The summed E-state index contributed by atoms with van der Waals surface area (Å²) in [6.45, 7) is 0.799. The molecule has 0 bridgehead atoms. The van der Waals surface area contributed by atoms with Crippen molar-refractivity contribution in [3.63, 3.8) is 0 Å². The summed E-state index contributed by atoms with van der Waals surface area (Å²) in [5.41, 5.74) is 1.11. The Bertz CT molecular complexity index is 617. The summed E-state index contributed by atoms with van der Waals surface area (Å²) in [5, 5.41) is 4.15. The van der Waals surface area contributed by atoms with Crippen molar-refractivity contribution in [2.75, 3.05) is 0 Å². The summed E-state index contributed by atoms with van der Waals surface area (Å²) in [5.74, 6) is 1.50. The molecule has 0 aliphatic heterocycles. The molecule has 1 heterocycles. The monoisotopic (exact) mass is 352 g/mol. The second-order valence-corrected chi connectivity index (χ2v) is 6.11. The molecule has 104 valence electrons. The van der Waals surface area contributed by atoms with Crippen LogP contribution in [-0.4, -0.2) is 11.0 Å². The van der Waals surface area contributed by atoms with Crippen LogP contribution < -0.4 is 10.1 Å². The minimum atomic E-state index is 0.665. The third-order valence-electron chi connectivity index (χ3n) is 3.14. The van der Waals surface area contributed by atoms with E-state index in [0.29, 0.717) is 11.1 Å². The zero-order chi connectivity index (χ0) is 13.9. The number of ether oxygens (including phenoxy) is 1. The Balaban J connectivity index is 1.78. The molecule has 1 aromatic carbocycles. The van der Waals surface area contributed by atoms with Gasteiger partial charge in [-0.25, -0.2) is 0 Å². The zero-order valence-electron chi connectivity index (χ0n) is 10.8. The summed E-state index contributed by atoms with van der Waals surface area (Å²) in [6, 6.07) is 8.11. The predicted octanol–water partition coefficient (Wildman–Crippen LogP) is 4.54. The summed E-state index contributed by atoms with van der Waals surface area (Å²) in [7, 11) is 0. The average molecular weight is 354 g/mol. The first-order chi connectivity index (χ1) is 9.72. The first kappa shape index (κ1) is 13.9. The number of pyridine rings is 1. The van der Waals surface area contributed by atoms with E-state index in [4.69, 9.17) is 16.3 Å². The lowest BCUT2D eigenvalue weighted by atomic mass is 10.2. The summed E-state index contributed by atoms with van der Waals surface area (Å²) in [4.78, 5) is 4.14. The van der Waals surface area contributed by atoms with Gasteiger partial charge in [0, 0.05) is 29.4 Å². The Kier molecular flexibility index (Phi) is 4.24. The number of hydrogen-bond donors (Lipinski definition) is 1. The second kappa shape index (κ2) is 6.12. The van der Waals surface area contributed by atoms with Crippen molar-refractivity contribution >= 4 is 27.5 Å². The van der Waals surface area contributed by atoms with Gasteiger partial charge in [-0.2, -0.15) is 0 Å². The Morgan fingerprint density at radius 3 is 2.90 bits per heavy atom. The lowest BCUT2D eigenvalue weighted by Gasteiger charge is -2.12. The Hall–Kier alpha value is -1.10. The molecule has 0 spiro atoms. The van der Waals surface area contributed by atoms with E-state index >= 15 is 0 Å². The molecule has 1 saturated carbocycles. The predicted molar refractivity (Wildman–Crippen MR) is 83.3 cm³/mol. The quantitative estimate of drug-likeness (QED) is 0.857. The first-order valence-electron chi connectivity index (χ1n) is 6.51. The van der Waals surface area contributed by atoms with Crippen LogP contribution in [0.5, 0.6) is 11.5 Å². The molecule has 20 heavy (non-hydrogen) atoms. The van der Waals surface area contributed by atoms with Crippen molar-refractivity contribution < 1.29 is 4.74 Å². The van der Waals surface area contributed by atoms with Gasteiger partial charge in [-0.05, 0) is 53.0 Å². The van der Waals surface area contributed by atoms with E-state index in [0.717, 1.165) is 28.1 Å². The maximum atomic E-state index is 5.94. The van der Waals surface area contributed by atoms with E-state index in [1.807, 2.05) is 18.2 Å². The molecule has 1 aliphatic carbocycles. The van der Waals surface area contributed by atoms with Gasteiger partial charge >= 0.3 is 0 Å². The molecule has 0 unspecified atom stereocenters. The number of rotatable bonds is 5. The number of nitrogens with zero attached hydrogens (tertiary/aromatic N) is 1. The molecular weight excluding hydrogens is 340 g/mol. The highest BCUT2D eigenvalue weighted by molar-refractivity contribution is 9.10. The molecule has 0 saturated heterocycles. The van der Waals surface area contributed by atoms with Gasteiger partial charge < -0.3 is 10.1 Å². The maximum Gasteiger partial charge on any atom is 0.150 e. The van der Waals surface area contributed by atoms with E-state index in [1.54, 1.807) is 18.5 Å². The molecule has 5 heteroatoms. The van der Waals surface area contributed by atoms with Crippen LogP contribution in [0.25, 0.3) is 0 Å². The van der Waals surface area contributed by atoms with Gasteiger partial charge in [-0.3, -0.25) is 4.98 Å². The van der Waals surface area contributed by atoms with Crippen LogP contribution in [-0.2, 0) is 6.54 Å². The fourth-order valence-corrected chi connectivity index (χ4v) is 2.63. The van der Waals surface area contributed by atoms with E-state index in [9.17, 15) is 0 Å². The Morgan fingerprint density at radius 2 is 2.15 bits per heavy atom. The average Bonchev–Trinajstić information content (AvgIpc) is 3.25. The zero-order valence-corrected chi connectivity index (χ0v) is 13.1. The van der Waals surface area contributed by atoms with Crippen LogP contribution in [0, 0.1) is 0 Å². The van der Waals surface area contributed by atoms with Gasteiger partial charge in [0.1, 0.15) is 11.5 Å². The minimum Gasteiger partial charge on any atom is -0.454 e. The van der Waals surface area contributed by atoms with Crippen LogP contribution in [0.15, 0.2) is 41.1 Å². The van der Waals surface area contributed by atoms with Gasteiger partial charge in [-0.15, -0.1) is 0 Å². The molecule has 1 aromatic heterocycles. The van der Waals surface area contributed by atoms with Crippen LogP contribution in [0.1, 0.15) is 18.4 Å². The van der Waals surface area contributed by atoms with Crippen molar-refractivity contribution in [1.82, 2.24) is 10.3 Å². The van der Waals surface area contributed by atoms with E-state index in [-0.39, 0.29) is 0 Å². The minimum absolute atomic E-state index is 0.665. The van der Waals surface area contributed by atoms with Gasteiger partial charge in [0.15, 0.2) is 0 Å². The summed E-state index contributed by atoms with van der Waals surface area (Å²) >= 11 is 9.39. The van der Waals surface area contributed by atoms with Crippen LogP contribution in [0.3, 0.4) is 0 Å². The first-order valence-corrected chi connectivity index (χ1v) is 7.68. The molecular formula is C15H14BrClN2O. The molecule has 2 aromatic rings. The van der Waals surface area contributed by atoms with Crippen molar-refractivity contribution in [3.05, 3.63) is 51.7 Å². The molecule has 0 radical (unpaired) electrons. The van der Waals surface area contributed by atoms with Crippen LogP contribution in [0.4, 0.5) is 0 Å². The highest BCUT2D eigenvalue weighted by Crippen LogP contribution is 2.33. The van der Waals surface area contributed by atoms with Crippen molar-refractivity contribution in [2.24, 2.45) is 0 Å². The maximum absolute atomic E-state index is 5.94. The molecule has 1 fully saturated rings. The normalized spacial score (nSPS) is 14.3. The number of nitrogens with one attached hydrogen (secondary N) is 1. The third kappa shape index (κ3) is 3.51. The molecule has 3 rings (SSSR count). The molecule has 1 N–H and O–H groups in total. The fraction of sp³-hybridized carbons (Fsp3) is 0.267. The van der Waals surface area contributed by atoms with Gasteiger partial charge in [0.2, 0.25) is 0 Å². The van der Waals surface area contributed by atoms with Crippen molar-refractivity contribution in [3.8, 4) is 11.5 Å². The third-order valence-corrected chi connectivity index (χ3v) is 4.00. The highest BCUT2D eigenvalue weighted by atomic mass is 79.9. The van der Waals surface area contributed by atoms with Crippen LogP contribution >= 0.6 is 27.5 Å². The summed E-state index contributed by atoms with van der Waals surface area (Å²) < 4.78 is 6.77. The summed E-state index contributed by atoms with van der Waals surface area (Å²) in [6.07, 6.45) is 6.06. The van der Waals surface area contributed by atoms with E-state index in [1.165, 1.54) is 12.8 Å². The number of halogens is 2. The molecule has 3 nitrogen and oxygen atoms in total.